The van der Waals surface area contributed by atoms with Crippen LogP contribution in [0.25, 0.3) is 0 Å². The first-order chi connectivity index (χ1) is 7.74. The molecule has 1 atom stereocenters. The first kappa shape index (κ1) is 12.6. The van der Waals surface area contributed by atoms with Crippen LogP contribution in [0.2, 0.25) is 0 Å². The van der Waals surface area contributed by atoms with E-state index in [0.717, 1.165) is 5.82 Å². The molecule has 0 aliphatic rings. The van der Waals surface area contributed by atoms with Crippen molar-refractivity contribution in [2.45, 2.75) is 18.9 Å². The number of nitrogens with two attached hydrogens (primary N) is 1. The fourth-order valence-electron chi connectivity index (χ4n) is 1.16. The second kappa shape index (κ2) is 6.91. The summed E-state index contributed by atoms with van der Waals surface area (Å²) in [4.78, 5) is 15.4. The lowest BCUT2D eigenvalue weighted by Gasteiger charge is -2.10. The second-order valence-electron chi connectivity index (χ2n) is 3.36. The number of aromatic amines is 1. The summed E-state index contributed by atoms with van der Waals surface area (Å²) in [6.07, 6.45) is 2.56. The van der Waals surface area contributed by atoms with Crippen molar-refractivity contribution in [2.75, 3.05) is 20.3 Å². The Hall–Kier alpha value is -1.47. The van der Waals surface area contributed by atoms with Crippen LogP contribution >= 0.6 is 0 Å². The molecule has 7 nitrogen and oxygen atoms in total. The highest BCUT2D eigenvalue weighted by molar-refractivity contribution is 5.81. The minimum absolute atomic E-state index is 0.170. The summed E-state index contributed by atoms with van der Waals surface area (Å²) in [6, 6.07) is -0.519. The molecule has 1 aromatic rings. The third kappa shape index (κ3) is 4.37. The van der Waals surface area contributed by atoms with Gasteiger partial charge in [-0.25, -0.2) is 4.98 Å². The van der Waals surface area contributed by atoms with Gasteiger partial charge in [-0.3, -0.25) is 9.89 Å². The lowest BCUT2D eigenvalue weighted by Crippen LogP contribution is -2.42. The van der Waals surface area contributed by atoms with Crippen molar-refractivity contribution in [3.05, 3.63) is 12.2 Å². The molecule has 1 aromatic heterocycles. The Morgan fingerprint density at radius 2 is 2.56 bits per heavy atom. The number of nitrogens with zero attached hydrogens (tertiary/aromatic N) is 2. The molecule has 1 unspecified atom stereocenters. The lowest BCUT2D eigenvalue weighted by molar-refractivity contribution is -0.122. The first-order valence-corrected chi connectivity index (χ1v) is 5.10. The lowest BCUT2D eigenvalue weighted by atomic mass is 10.2. The number of aromatic nitrogens is 3. The summed E-state index contributed by atoms with van der Waals surface area (Å²) in [5, 5.41) is 9.14. The maximum absolute atomic E-state index is 11.4. The van der Waals surface area contributed by atoms with Crippen LogP contribution < -0.4 is 11.1 Å². The molecule has 4 N–H and O–H groups in total. The van der Waals surface area contributed by atoms with Crippen LogP contribution in [0.15, 0.2) is 6.33 Å². The van der Waals surface area contributed by atoms with Gasteiger partial charge in [0.25, 0.3) is 0 Å². The van der Waals surface area contributed by atoms with Crippen LogP contribution in [0.1, 0.15) is 12.2 Å². The molecule has 0 aliphatic carbocycles. The number of amides is 1. The third-order valence-electron chi connectivity index (χ3n) is 2.10. The summed E-state index contributed by atoms with van der Waals surface area (Å²) in [5.41, 5.74) is 5.63. The van der Waals surface area contributed by atoms with Gasteiger partial charge in [0.1, 0.15) is 12.2 Å². The van der Waals surface area contributed by atoms with Crippen molar-refractivity contribution in [3.63, 3.8) is 0 Å². The van der Waals surface area contributed by atoms with Crippen LogP contribution in [-0.2, 0) is 16.0 Å². The second-order valence-corrected chi connectivity index (χ2v) is 3.36. The fraction of sp³-hybridized carbons (Fsp3) is 0.667. The first-order valence-electron chi connectivity index (χ1n) is 5.10. The Balaban J connectivity index is 2.14. The minimum atomic E-state index is -0.519. The molecule has 1 heterocycles. The van der Waals surface area contributed by atoms with E-state index in [1.807, 2.05) is 0 Å². The monoisotopic (exact) mass is 227 g/mol. The number of carbonyl (C=O) groups excluding carboxylic acids is 1. The molecule has 0 saturated heterocycles. The van der Waals surface area contributed by atoms with Gasteiger partial charge in [0.2, 0.25) is 5.91 Å². The summed E-state index contributed by atoms with van der Waals surface area (Å²) < 4.78 is 4.84. The van der Waals surface area contributed by atoms with E-state index in [-0.39, 0.29) is 5.91 Å². The SMILES string of the molecule is COCCC(N)C(=O)NCCc1ncn[nH]1. The zero-order valence-corrected chi connectivity index (χ0v) is 9.27. The molecule has 16 heavy (non-hydrogen) atoms. The fourth-order valence-corrected chi connectivity index (χ4v) is 1.16. The Morgan fingerprint density at radius 3 is 3.19 bits per heavy atom. The Bertz CT molecular complexity index is 301. The molecule has 1 rings (SSSR count). The molecule has 1 amide bonds. The number of hydrogen-bond donors (Lipinski definition) is 3. The van der Waals surface area contributed by atoms with E-state index in [1.165, 1.54) is 6.33 Å². The van der Waals surface area contributed by atoms with E-state index in [4.69, 9.17) is 10.5 Å². The Kier molecular flexibility index (Phi) is 5.44. The van der Waals surface area contributed by atoms with Crippen molar-refractivity contribution in [1.82, 2.24) is 20.5 Å². The number of nitrogens with one attached hydrogen (secondary N) is 2. The molecular weight excluding hydrogens is 210 g/mol. The predicted octanol–water partition coefficient (Wildman–Crippen LogP) is -1.17. The van der Waals surface area contributed by atoms with Crippen molar-refractivity contribution in [3.8, 4) is 0 Å². The molecule has 0 spiro atoms. The quantitative estimate of drug-likeness (QED) is 0.544. The average Bonchev–Trinajstić information content (AvgIpc) is 2.78. The molecular formula is C9H17N5O2. The number of hydrogen-bond acceptors (Lipinski definition) is 5. The van der Waals surface area contributed by atoms with Crippen molar-refractivity contribution < 1.29 is 9.53 Å². The smallest absolute Gasteiger partial charge is 0.237 e. The highest BCUT2D eigenvalue weighted by atomic mass is 16.5. The summed E-state index contributed by atoms with van der Waals surface area (Å²) in [6.45, 7) is 0.978. The number of carbonyl (C=O) groups is 1. The molecule has 0 radical (unpaired) electrons. The number of rotatable bonds is 7. The van der Waals surface area contributed by atoms with Gasteiger partial charge in [0, 0.05) is 26.7 Å². The third-order valence-corrected chi connectivity index (χ3v) is 2.10. The normalized spacial score (nSPS) is 12.4. The highest BCUT2D eigenvalue weighted by Gasteiger charge is 2.12. The van der Waals surface area contributed by atoms with E-state index in [9.17, 15) is 4.79 Å². The molecule has 0 bridgehead atoms. The maximum atomic E-state index is 11.4. The van der Waals surface area contributed by atoms with Gasteiger partial charge < -0.3 is 15.8 Å². The zero-order valence-electron chi connectivity index (χ0n) is 9.27. The van der Waals surface area contributed by atoms with E-state index in [1.54, 1.807) is 7.11 Å². The molecule has 0 saturated carbocycles. The van der Waals surface area contributed by atoms with E-state index < -0.39 is 6.04 Å². The van der Waals surface area contributed by atoms with E-state index in [0.29, 0.717) is 26.0 Å². The van der Waals surface area contributed by atoms with Crippen molar-refractivity contribution in [2.24, 2.45) is 5.73 Å². The van der Waals surface area contributed by atoms with E-state index in [2.05, 4.69) is 20.5 Å². The van der Waals surface area contributed by atoms with Gasteiger partial charge in [-0.15, -0.1) is 0 Å². The molecule has 90 valence electrons. The molecule has 0 aromatic carbocycles. The topological polar surface area (TPSA) is 106 Å². The zero-order chi connectivity index (χ0) is 11.8. The van der Waals surface area contributed by atoms with Crippen LogP contribution in [0, 0.1) is 0 Å². The Morgan fingerprint density at radius 1 is 1.75 bits per heavy atom. The number of methoxy groups -OCH3 is 1. The number of ether oxygens (including phenoxy) is 1. The van der Waals surface area contributed by atoms with E-state index >= 15 is 0 Å². The molecule has 0 fully saturated rings. The van der Waals surface area contributed by atoms with Crippen LogP contribution in [0.5, 0.6) is 0 Å². The summed E-state index contributed by atoms with van der Waals surface area (Å²) in [5.74, 6) is 0.572. The van der Waals surface area contributed by atoms with Crippen LogP contribution in [-0.4, -0.2) is 47.4 Å². The summed E-state index contributed by atoms with van der Waals surface area (Å²) >= 11 is 0. The average molecular weight is 227 g/mol. The predicted molar refractivity (Wildman–Crippen MR) is 57.6 cm³/mol. The minimum Gasteiger partial charge on any atom is -0.385 e. The molecule has 0 aliphatic heterocycles. The maximum Gasteiger partial charge on any atom is 0.237 e. The summed E-state index contributed by atoms with van der Waals surface area (Å²) in [7, 11) is 1.58. The van der Waals surface area contributed by atoms with Gasteiger partial charge in [-0.2, -0.15) is 5.10 Å². The van der Waals surface area contributed by atoms with Gasteiger partial charge in [-0.05, 0) is 6.42 Å². The highest BCUT2D eigenvalue weighted by Crippen LogP contribution is 1.90. The number of H-pyrrole nitrogens is 1. The standard InChI is InChI=1S/C9H17N5O2/c1-16-5-3-7(10)9(15)11-4-2-8-12-6-13-14-8/h6-7H,2-5,10H2,1H3,(H,11,15)(H,12,13,14). The Labute approximate surface area is 93.8 Å². The van der Waals surface area contributed by atoms with Crippen molar-refractivity contribution >= 4 is 5.91 Å². The van der Waals surface area contributed by atoms with Gasteiger partial charge in [-0.1, -0.05) is 0 Å². The molecule has 7 heteroatoms. The van der Waals surface area contributed by atoms with Crippen molar-refractivity contribution in [1.29, 1.82) is 0 Å². The van der Waals surface area contributed by atoms with Gasteiger partial charge >= 0.3 is 0 Å². The van der Waals surface area contributed by atoms with Gasteiger partial charge in [0.05, 0.1) is 6.04 Å². The van der Waals surface area contributed by atoms with Crippen LogP contribution in [0.3, 0.4) is 0 Å². The largest absolute Gasteiger partial charge is 0.385 e. The van der Waals surface area contributed by atoms with Gasteiger partial charge in [0.15, 0.2) is 0 Å². The van der Waals surface area contributed by atoms with Crippen LogP contribution in [0.4, 0.5) is 0 Å².